The Morgan fingerprint density at radius 1 is 1.06 bits per heavy atom. The fraction of sp³-hybridized carbons (Fsp3) is 0.571. The molecule has 1 rings (SSSR count). The van der Waals surface area contributed by atoms with E-state index in [4.69, 9.17) is 11.6 Å². The van der Waals surface area contributed by atoms with E-state index in [2.05, 4.69) is 13.8 Å². The first-order valence-electron chi connectivity index (χ1n) is 6.08. The second kappa shape index (κ2) is 6.90. The predicted octanol–water partition coefficient (Wildman–Crippen LogP) is 5.32. The van der Waals surface area contributed by atoms with E-state index in [0.29, 0.717) is 5.92 Å². The SMILES string of the molecule is CCCC(CCC)C(Cl)c1ccc(F)cc1. The largest absolute Gasteiger partial charge is 0.207 e. The summed E-state index contributed by atoms with van der Waals surface area (Å²) in [7, 11) is 0. The van der Waals surface area contributed by atoms with E-state index < -0.39 is 0 Å². The van der Waals surface area contributed by atoms with Crippen LogP contribution in [0.15, 0.2) is 24.3 Å². The van der Waals surface area contributed by atoms with Gasteiger partial charge < -0.3 is 0 Å². The first-order chi connectivity index (χ1) is 7.69. The summed E-state index contributed by atoms with van der Waals surface area (Å²) >= 11 is 6.46. The zero-order valence-electron chi connectivity index (χ0n) is 10.0. The third kappa shape index (κ3) is 3.79. The molecule has 0 nitrogen and oxygen atoms in total. The summed E-state index contributed by atoms with van der Waals surface area (Å²) in [5.74, 6) is 0.303. The van der Waals surface area contributed by atoms with Crippen LogP contribution < -0.4 is 0 Å². The van der Waals surface area contributed by atoms with E-state index >= 15 is 0 Å². The molecule has 1 unspecified atom stereocenters. The third-order valence-corrected chi connectivity index (χ3v) is 3.53. The maximum Gasteiger partial charge on any atom is 0.123 e. The van der Waals surface area contributed by atoms with Gasteiger partial charge in [-0.25, -0.2) is 4.39 Å². The van der Waals surface area contributed by atoms with E-state index in [0.717, 1.165) is 31.2 Å². The van der Waals surface area contributed by atoms with Crippen molar-refractivity contribution in [3.05, 3.63) is 35.6 Å². The van der Waals surface area contributed by atoms with Gasteiger partial charge in [-0.2, -0.15) is 0 Å². The van der Waals surface area contributed by atoms with Crippen LogP contribution in [0.3, 0.4) is 0 Å². The number of halogens is 2. The standard InChI is InChI=1S/C14H20ClF/c1-3-5-11(6-4-2)14(15)12-7-9-13(16)10-8-12/h7-11,14H,3-6H2,1-2H3. The molecule has 1 aromatic carbocycles. The van der Waals surface area contributed by atoms with Crippen molar-refractivity contribution in [1.29, 1.82) is 0 Å². The van der Waals surface area contributed by atoms with Crippen LogP contribution in [-0.4, -0.2) is 0 Å². The van der Waals surface area contributed by atoms with Gasteiger partial charge in [0, 0.05) is 0 Å². The topological polar surface area (TPSA) is 0 Å². The van der Waals surface area contributed by atoms with Crippen molar-refractivity contribution in [3.8, 4) is 0 Å². The molecule has 0 radical (unpaired) electrons. The van der Waals surface area contributed by atoms with E-state index in [1.54, 1.807) is 12.1 Å². The van der Waals surface area contributed by atoms with Gasteiger partial charge in [-0.1, -0.05) is 38.8 Å². The second-order valence-electron chi connectivity index (χ2n) is 4.29. The maximum atomic E-state index is 12.8. The molecule has 2 heteroatoms. The number of rotatable bonds is 6. The van der Waals surface area contributed by atoms with Crippen molar-refractivity contribution < 1.29 is 4.39 Å². The molecule has 0 N–H and O–H groups in total. The van der Waals surface area contributed by atoms with E-state index in [-0.39, 0.29) is 11.2 Å². The molecule has 1 aromatic rings. The number of alkyl halides is 1. The molecule has 0 fully saturated rings. The van der Waals surface area contributed by atoms with Crippen molar-refractivity contribution in [1.82, 2.24) is 0 Å². The van der Waals surface area contributed by atoms with Gasteiger partial charge >= 0.3 is 0 Å². The zero-order valence-corrected chi connectivity index (χ0v) is 10.8. The highest BCUT2D eigenvalue weighted by Crippen LogP contribution is 2.34. The van der Waals surface area contributed by atoms with Crippen LogP contribution in [0.5, 0.6) is 0 Å². The summed E-state index contributed by atoms with van der Waals surface area (Å²) in [4.78, 5) is 0. The molecule has 0 aliphatic carbocycles. The van der Waals surface area contributed by atoms with Crippen LogP contribution in [0, 0.1) is 11.7 Å². The summed E-state index contributed by atoms with van der Waals surface area (Å²) in [6, 6.07) is 6.57. The first kappa shape index (κ1) is 13.5. The summed E-state index contributed by atoms with van der Waals surface area (Å²) in [5, 5.41) is 0.0144. The molecule has 90 valence electrons. The molecule has 16 heavy (non-hydrogen) atoms. The van der Waals surface area contributed by atoms with Crippen LogP contribution >= 0.6 is 11.6 Å². The first-order valence-corrected chi connectivity index (χ1v) is 6.52. The zero-order chi connectivity index (χ0) is 12.0. The molecular formula is C14H20ClF. The lowest BCUT2D eigenvalue weighted by atomic mass is 9.90. The highest BCUT2D eigenvalue weighted by molar-refractivity contribution is 6.21. The van der Waals surface area contributed by atoms with Crippen molar-refractivity contribution in [3.63, 3.8) is 0 Å². The maximum absolute atomic E-state index is 12.8. The summed E-state index contributed by atoms with van der Waals surface area (Å²) in [6.07, 6.45) is 4.57. The molecule has 0 heterocycles. The monoisotopic (exact) mass is 242 g/mol. The Morgan fingerprint density at radius 2 is 1.56 bits per heavy atom. The van der Waals surface area contributed by atoms with Crippen molar-refractivity contribution >= 4 is 11.6 Å². The lowest BCUT2D eigenvalue weighted by molar-refractivity contribution is 0.426. The molecule has 0 saturated carbocycles. The predicted molar refractivity (Wildman–Crippen MR) is 68.3 cm³/mol. The van der Waals surface area contributed by atoms with Gasteiger partial charge in [0.2, 0.25) is 0 Å². The van der Waals surface area contributed by atoms with Crippen LogP contribution in [-0.2, 0) is 0 Å². The van der Waals surface area contributed by atoms with Crippen molar-refractivity contribution in [2.45, 2.75) is 44.9 Å². The third-order valence-electron chi connectivity index (χ3n) is 2.92. The fourth-order valence-corrected chi connectivity index (χ4v) is 2.49. The van der Waals surface area contributed by atoms with Gasteiger partial charge in [0.15, 0.2) is 0 Å². The van der Waals surface area contributed by atoms with Crippen molar-refractivity contribution in [2.24, 2.45) is 5.92 Å². The van der Waals surface area contributed by atoms with Gasteiger partial charge in [0.1, 0.15) is 5.82 Å². The van der Waals surface area contributed by atoms with E-state index in [9.17, 15) is 4.39 Å². The molecule has 0 aliphatic rings. The van der Waals surface area contributed by atoms with Gasteiger partial charge in [-0.05, 0) is 36.5 Å². The van der Waals surface area contributed by atoms with Crippen LogP contribution in [0.1, 0.15) is 50.5 Å². The average molecular weight is 243 g/mol. The molecule has 0 amide bonds. The minimum absolute atomic E-state index is 0.0144. The normalized spacial score (nSPS) is 13.1. The minimum atomic E-state index is -0.199. The Bertz CT molecular complexity index is 288. The highest BCUT2D eigenvalue weighted by Gasteiger charge is 2.19. The van der Waals surface area contributed by atoms with Crippen molar-refractivity contribution in [2.75, 3.05) is 0 Å². The minimum Gasteiger partial charge on any atom is -0.207 e. The van der Waals surface area contributed by atoms with Crippen LogP contribution in [0.25, 0.3) is 0 Å². The van der Waals surface area contributed by atoms with Gasteiger partial charge in [0.25, 0.3) is 0 Å². The lowest BCUT2D eigenvalue weighted by Gasteiger charge is -2.21. The summed E-state index contributed by atoms with van der Waals surface area (Å²) in [5.41, 5.74) is 1.04. The van der Waals surface area contributed by atoms with Gasteiger partial charge in [-0.3, -0.25) is 0 Å². The smallest absolute Gasteiger partial charge is 0.123 e. The van der Waals surface area contributed by atoms with Crippen LogP contribution in [0.4, 0.5) is 4.39 Å². The number of benzene rings is 1. The fourth-order valence-electron chi connectivity index (χ4n) is 2.10. The Hall–Kier alpha value is -0.560. The summed E-state index contributed by atoms with van der Waals surface area (Å²) in [6.45, 7) is 4.36. The van der Waals surface area contributed by atoms with E-state index in [1.807, 2.05) is 0 Å². The molecule has 0 aliphatic heterocycles. The lowest BCUT2D eigenvalue weighted by Crippen LogP contribution is -2.08. The quantitative estimate of drug-likeness (QED) is 0.592. The average Bonchev–Trinajstić information content (AvgIpc) is 2.29. The summed E-state index contributed by atoms with van der Waals surface area (Å²) < 4.78 is 12.8. The number of hydrogen-bond acceptors (Lipinski definition) is 0. The van der Waals surface area contributed by atoms with Gasteiger partial charge in [0.05, 0.1) is 5.38 Å². The van der Waals surface area contributed by atoms with Crippen LogP contribution in [0.2, 0.25) is 0 Å². The molecular weight excluding hydrogens is 223 g/mol. The Kier molecular flexibility index (Phi) is 5.83. The second-order valence-corrected chi connectivity index (χ2v) is 4.76. The number of hydrogen-bond donors (Lipinski definition) is 0. The molecule has 0 spiro atoms. The Labute approximate surface area is 103 Å². The Balaban J connectivity index is 2.72. The Morgan fingerprint density at radius 3 is 2.00 bits per heavy atom. The molecule has 1 atom stereocenters. The highest BCUT2D eigenvalue weighted by atomic mass is 35.5. The molecule has 0 aromatic heterocycles. The van der Waals surface area contributed by atoms with E-state index in [1.165, 1.54) is 12.1 Å². The molecule has 0 saturated heterocycles. The molecule has 0 bridgehead atoms. The van der Waals surface area contributed by atoms with Gasteiger partial charge in [-0.15, -0.1) is 11.6 Å².